The minimum atomic E-state index is -3.56. The van der Waals surface area contributed by atoms with Gasteiger partial charge in [0, 0.05) is 18.8 Å². The van der Waals surface area contributed by atoms with Crippen molar-refractivity contribution in [2.24, 2.45) is 0 Å². The Hall–Kier alpha value is -2.42. The number of benzene rings is 2. The molecule has 0 saturated carbocycles. The summed E-state index contributed by atoms with van der Waals surface area (Å²) in [6.45, 7) is 7.03. The van der Waals surface area contributed by atoms with Gasteiger partial charge in [-0.25, -0.2) is 8.42 Å². The number of nitrogens with zero attached hydrogens (tertiary/aromatic N) is 1. The van der Waals surface area contributed by atoms with E-state index >= 15 is 0 Å². The lowest BCUT2D eigenvalue weighted by molar-refractivity contribution is -0.122. The van der Waals surface area contributed by atoms with Crippen LogP contribution in [0.2, 0.25) is 0 Å². The van der Waals surface area contributed by atoms with Crippen LogP contribution in [-0.2, 0) is 19.6 Å². The lowest BCUT2D eigenvalue weighted by Gasteiger charge is -2.26. The molecule has 0 aliphatic carbocycles. The first-order valence-electron chi connectivity index (χ1n) is 9.50. The Morgan fingerprint density at radius 2 is 1.76 bits per heavy atom. The van der Waals surface area contributed by atoms with E-state index in [0.29, 0.717) is 37.7 Å². The van der Waals surface area contributed by atoms with E-state index in [1.54, 1.807) is 19.1 Å². The zero-order chi connectivity index (χ0) is 21.0. The van der Waals surface area contributed by atoms with Crippen molar-refractivity contribution < 1.29 is 22.7 Å². The molecule has 0 aromatic heterocycles. The number of rotatable bonds is 6. The third-order valence-corrected chi connectivity index (χ3v) is 6.66. The van der Waals surface area contributed by atoms with Crippen LogP contribution in [0.4, 0.5) is 5.69 Å². The molecule has 1 N–H and O–H groups in total. The predicted molar refractivity (Wildman–Crippen MR) is 111 cm³/mol. The Morgan fingerprint density at radius 1 is 1.10 bits per heavy atom. The van der Waals surface area contributed by atoms with E-state index < -0.39 is 16.1 Å². The van der Waals surface area contributed by atoms with Gasteiger partial charge in [0.05, 0.1) is 18.1 Å². The third kappa shape index (κ3) is 5.14. The number of hydrogen-bond donors (Lipinski definition) is 1. The average molecular weight is 419 g/mol. The quantitative estimate of drug-likeness (QED) is 0.780. The standard InChI is InChI=1S/C21H26N2O5S/c1-15-4-5-16(2)20(14-15)28-17(3)21(24)22-18-6-8-19(9-7-18)29(25,26)23-10-12-27-13-11-23/h4-9,14,17H,10-13H2,1-3H3,(H,22,24)/t17-/m0/s1. The molecule has 0 radical (unpaired) electrons. The number of carbonyl (C=O) groups is 1. The minimum Gasteiger partial charge on any atom is -0.481 e. The molecule has 3 rings (SSSR count). The van der Waals surface area contributed by atoms with Gasteiger partial charge in [-0.2, -0.15) is 4.31 Å². The largest absolute Gasteiger partial charge is 0.481 e. The van der Waals surface area contributed by atoms with Crippen molar-refractivity contribution in [3.63, 3.8) is 0 Å². The number of sulfonamides is 1. The van der Waals surface area contributed by atoms with Crippen LogP contribution < -0.4 is 10.1 Å². The highest BCUT2D eigenvalue weighted by Gasteiger charge is 2.26. The molecular weight excluding hydrogens is 392 g/mol. The van der Waals surface area contributed by atoms with Crippen molar-refractivity contribution in [3.05, 3.63) is 53.6 Å². The highest BCUT2D eigenvalue weighted by Crippen LogP contribution is 2.22. The van der Waals surface area contributed by atoms with Crippen LogP contribution in [0.15, 0.2) is 47.4 Å². The van der Waals surface area contributed by atoms with Gasteiger partial charge < -0.3 is 14.8 Å². The van der Waals surface area contributed by atoms with Gasteiger partial charge >= 0.3 is 0 Å². The minimum absolute atomic E-state index is 0.192. The normalized spacial score (nSPS) is 16.2. The molecule has 0 unspecified atom stereocenters. The Kier molecular flexibility index (Phi) is 6.56. The van der Waals surface area contributed by atoms with Crippen LogP contribution in [0.5, 0.6) is 5.75 Å². The van der Waals surface area contributed by atoms with Gasteiger partial charge in [-0.3, -0.25) is 4.79 Å². The summed E-state index contributed by atoms with van der Waals surface area (Å²) >= 11 is 0. The summed E-state index contributed by atoms with van der Waals surface area (Å²) < 4.78 is 37.7. The maximum Gasteiger partial charge on any atom is 0.265 e. The molecule has 2 aromatic rings. The summed E-state index contributed by atoms with van der Waals surface area (Å²) in [5.41, 5.74) is 2.51. The molecule has 1 heterocycles. The second-order valence-electron chi connectivity index (χ2n) is 7.06. The topological polar surface area (TPSA) is 84.9 Å². The molecule has 1 amide bonds. The fraction of sp³-hybridized carbons (Fsp3) is 0.381. The first kappa shape index (κ1) is 21.3. The lowest BCUT2D eigenvalue weighted by Crippen LogP contribution is -2.40. The fourth-order valence-corrected chi connectivity index (χ4v) is 4.38. The summed E-state index contributed by atoms with van der Waals surface area (Å²) in [5.74, 6) is 0.356. The van der Waals surface area contributed by atoms with Crippen molar-refractivity contribution in [2.45, 2.75) is 31.8 Å². The third-order valence-electron chi connectivity index (χ3n) is 4.75. The Bertz CT molecular complexity index is 967. The number of carbonyl (C=O) groups excluding carboxylic acids is 1. The van der Waals surface area contributed by atoms with Crippen LogP contribution in [0.3, 0.4) is 0 Å². The summed E-state index contributed by atoms with van der Waals surface area (Å²) in [5, 5.41) is 2.76. The van der Waals surface area contributed by atoms with Gasteiger partial charge in [0.25, 0.3) is 5.91 Å². The van der Waals surface area contributed by atoms with Crippen LogP contribution in [0.25, 0.3) is 0 Å². The van der Waals surface area contributed by atoms with Gasteiger partial charge in [0.1, 0.15) is 5.75 Å². The average Bonchev–Trinajstić information content (AvgIpc) is 2.71. The molecule has 2 aromatic carbocycles. The summed E-state index contributed by atoms with van der Waals surface area (Å²) in [7, 11) is -3.56. The maximum absolute atomic E-state index is 12.7. The van der Waals surface area contributed by atoms with E-state index in [0.717, 1.165) is 11.1 Å². The fourth-order valence-electron chi connectivity index (χ4n) is 2.97. The molecule has 1 fully saturated rings. The Balaban J connectivity index is 1.64. The number of hydrogen-bond acceptors (Lipinski definition) is 5. The number of amides is 1. The van der Waals surface area contributed by atoms with E-state index in [2.05, 4.69) is 5.32 Å². The van der Waals surface area contributed by atoms with E-state index in [4.69, 9.17) is 9.47 Å². The van der Waals surface area contributed by atoms with Crippen LogP contribution >= 0.6 is 0 Å². The molecule has 0 bridgehead atoms. The summed E-state index contributed by atoms with van der Waals surface area (Å²) in [6.07, 6.45) is -0.702. The lowest BCUT2D eigenvalue weighted by atomic mass is 10.1. The molecule has 1 atom stereocenters. The van der Waals surface area contributed by atoms with E-state index in [9.17, 15) is 13.2 Å². The SMILES string of the molecule is Cc1ccc(C)c(O[C@@H](C)C(=O)Nc2ccc(S(=O)(=O)N3CCOCC3)cc2)c1. The van der Waals surface area contributed by atoms with E-state index in [1.165, 1.54) is 16.4 Å². The number of morpholine rings is 1. The molecule has 7 nitrogen and oxygen atoms in total. The smallest absolute Gasteiger partial charge is 0.265 e. The van der Waals surface area contributed by atoms with Crippen molar-refractivity contribution in [1.29, 1.82) is 0 Å². The van der Waals surface area contributed by atoms with Crippen LogP contribution in [-0.4, -0.2) is 51.0 Å². The van der Waals surface area contributed by atoms with Gasteiger partial charge in [-0.15, -0.1) is 0 Å². The molecular formula is C21H26N2O5S. The molecule has 156 valence electrons. The van der Waals surface area contributed by atoms with Crippen molar-refractivity contribution >= 4 is 21.6 Å². The zero-order valence-electron chi connectivity index (χ0n) is 16.8. The summed E-state index contributed by atoms with van der Waals surface area (Å²) in [6, 6.07) is 12.0. The molecule has 1 saturated heterocycles. The monoisotopic (exact) mass is 418 g/mol. The van der Waals surface area contributed by atoms with Crippen LogP contribution in [0, 0.1) is 13.8 Å². The molecule has 0 spiro atoms. The second kappa shape index (κ2) is 8.94. The molecule has 8 heteroatoms. The first-order chi connectivity index (χ1) is 13.8. The van der Waals surface area contributed by atoms with E-state index in [-0.39, 0.29) is 10.8 Å². The van der Waals surface area contributed by atoms with Crippen molar-refractivity contribution in [3.8, 4) is 5.75 Å². The highest BCUT2D eigenvalue weighted by atomic mass is 32.2. The highest BCUT2D eigenvalue weighted by molar-refractivity contribution is 7.89. The van der Waals surface area contributed by atoms with Crippen molar-refractivity contribution in [2.75, 3.05) is 31.6 Å². The first-order valence-corrected chi connectivity index (χ1v) is 10.9. The van der Waals surface area contributed by atoms with Crippen LogP contribution in [0.1, 0.15) is 18.1 Å². The Morgan fingerprint density at radius 3 is 2.41 bits per heavy atom. The predicted octanol–water partition coefficient (Wildman–Crippen LogP) is 2.73. The molecule has 29 heavy (non-hydrogen) atoms. The number of ether oxygens (including phenoxy) is 2. The summed E-state index contributed by atoms with van der Waals surface area (Å²) in [4.78, 5) is 12.7. The van der Waals surface area contributed by atoms with Gasteiger partial charge in [-0.1, -0.05) is 12.1 Å². The molecule has 1 aliphatic rings. The van der Waals surface area contributed by atoms with E-state index in [1.807, 2.05) is 32.0 Å². The second-order valence-corrected chi connectivity index (χ2v) is 9.00. The van der Waals surface area contributed by atoms with Gasteiger partial charge in [0.2, 0.25) is 10.0 Å². The number of nitrogens with one attached hydrogen (secondary N) is 1. The Labute approximate surface area is 171 Å². The molecule has 1 aliphatic heterocycles. The zero-order valence-corrected chi connectivity index (χ0v) is 17.7. The van der Waals surface area contributed by atoms with Gasteiger partial charge in [0.15, 0.2) is 6.10 Å². The van der Waals surface area contributed by atoms with Gasteiger partial charge in [-0.05, 0) is 62.2 Å². The number of anilines is 1. The van der Waals surface area contributed by atoms with Crippen molar-refractivity contribution in [1.82, 2.24) is 4.31 Å². The maximum atomic E-state index is 12.7. The number of aryl methyl sites for hydroxylation is 2.